The molecule has 0 aliphatic rings. The van der Waals surface area contributed by atoms with Gasteiger partial charge in [-0.2, -0.15) is 0 Å². The summed E-state index contributed by atoms with van der Waals surface area (Å²) in [5, 5.41) is 3.43. The minimum atomic E-state index is 0.692. The number of rotatable bonds is 7. The van der Waals surface area contributed by atoms with Crippen molar-refractivity contribution < 1.29 is 4.42 Å². The van der Waals surface area contributed by atoms with Crippen LogP contribution in [0.4, 0.5) is 0 Å². The van der Waals surface area contributed by atoms with Crippen molar-refractivity contribution >= 4 is 15.9 Å². The zero-order valence-corrected chi connectivity index (χ0v) is 14.5. The summed E-state index contributed by atoms with van der Waals surface area (Å²) in [5.74, 6) is 2.33. The molecule has 114 valence electrons. The molecule has 4 heteroatoms. The minimum absolute atomic E-state index is 0.692. The number of benzene rings is 1. The van der Waals surface area contributed by atoms with E-state index in [1.165, 1.54) is 5.56 Å². The van der Waals surface area contributed by atoms with E-state index in [0.29, 0.717) is 5.92 Å². The molecule has 1 aromatic carbocycles. The molecule has 0 unspecified atom stereocenters. The second kappa shape index (κ2) is 7.76. The van der Waals surface area contributed by atoms with Gasteiger partial charge < -0.3 is 9.73 Å². The summed E-state index contributed by atoms with van der Waals surface area (Å²) in [5.41, 5.74) is 2.27. The second-order valence-electron chi connectivity index (χ2n) is 5.80. The summed E-state index contributed by atoms with van der Waals surface area (Å²) in [6.07, 6.45) is 3.73. The molecule has 2 rings (SSSR count). The van der Waals surface area contributed by atoms with Gasteiger partial charge in [-0.25, -0.2) is 4.98 Å². The van der Waals surface area contributed by atoms with Gasteiger partial charge in [0.05, 0.1) is 6.20 Å². The maximum absolute atomic E-state index is 5.86. The molecule has 1 heterocycles. The highest BCUT2D eigenvalue weighted by Gasteiger charge is 2.09. The highest BCUT2D eigenvalue weighted by atomic mass is 79.9. The van der Waals surface area contributed by atoms with Crippen molar-refractivity contribution in [1.82, 2.24) is 10.3 Å². The zero-order chi connectivity index (χ0) is 15.2. The van der Waals surface area contributed by atoms with Gasteiger partial charge in [-0.1, -0.05) is 41.4 Å². The van der Waals surface area contributed by atoms with E-state index in [2.05, 4.69) is 59.1 Å². The van der Waals surface area contributed by atoms with E-state index in [0.717, 1.165) is 47.6 Å². The fourth-order valence-corrected chi connectivity index (χ4v) is 2.58. The Labute approximate surface area is 135 Å². The molecule has 2 aromatic rings. The normalized spacial score (nSPS) is 11.3. The van der Waals surface area contributed by atoms with Crippen LogP contribution >= 0.6 is 15.9 Å². The van der Waals surface area contributed by atoms with Crippen LogP contribution in [-0.2, 0) is 6.42 Å². The van der Waals surface area contributed by atoms with Crippen LogP contribution in [0.5, 0.6) is 0 Å². The largest absolute Gasteiger partial charge is 0.441 e. The molecule has 0 fully saturated rings. The Balaban J connectivity index is 1.91. The lowest BCUT2D eigenvalue weighted by Gasteiger charge is -2.05. The van der Waals surface area contributed by atoms with Crippen molar-refractivity contribution in [2.24, 2.45) is 5.92 Å². The number of nitrogens with zero attached hydrogens (tertiary/aromatic N) is 1. The summed E-state index contributed by atoms with van der Waals surface area (Å²) in [7, 11) is 0. The molecule has 0 saturated heterocycles. The Hall–Kier alpha value is -1.13. The van der Waals surface area contributed by atoms with E-state index >= 15 is 0 Å². The Morgan fingerprint density at radius 3 is 2.90 bits per heavy atom. The summed E-state index contributed by atoms with van der Waals surface area (Å²) in [4.78, 5) is 4.38. The molecule has 21 heavy (non-hydrogen) atoms. The van der Waals surface area contributed by atoms with E-state index in [1.54, 1.807) is 0 Å². The number of oxazole rings is 1. The lowest BCUT2D eigenvalue weighted by atomic mass is 10.1. The molecule has 0 saturated carbocycles. The fourth-order valence-electron chi connectivity index (χ4n) is 2.13. The van der Waals surface area contributed by atoms with Gasteiger partial charge >= 0.3 is 0 Å². The van der Waals surface area contributed by atoms with Gasteiger partial charge in [0.2, 0.25) is 0 Å². The summed E-state index contributed by atoms with van der Waals surface area (Å²) < 4.78 is 6.90. The van der Waals surface area contributed by atoms with Gasteiger partial charge in [0, 0.05) is 16.5 Å². The molecule has 3 nitrogen and oxygen atoms in total. The molecule has 0 aliphatic heterocycles. The Bertz CT molecular complexity index is 578. The van der Waals surface area contributed by atoms with Gasteiger partial charge in [-0.15, -0.1) is 0 Å². The summed E-state index contributed by atoms with van der Waals surface area (Å²) in [6, 6.07) is 6.23. The van der Waals surface area contributed by atoms with Crippen molar-refractivity contribution in [3.05, 3.63) is 40.3 Å². The average molecular weight is 351 g/mol. The van der Waals surface area contributed by atoms with E-state index < -0.39 is 0 Å². The molecule has 0 atom stereocenters. The predicted octanol–water partition coefficient (Wildman–Crippen LogP) is 4.59. The standard InChI is InChI=1S/C17H23BrN2O/c1-12(2)10-19-8-4-5-17-20-11-16(21-17)14-9-13(3)6-7-15(14)18/h6-7,9,11-12,19H,4-5,8,10H2,1-3H3. The number of hydrogen-bond donors (Lipinski definition) is 1. The summed E-state index contributed by atoms with van der Waals surface area (Å²) >= 11 is 3.57. The maximum atomic E-state index is 5.86. The first-order chi connectivity index (χ1) is 10.1. The molecule has 1 aromatic heterocycles. The Morgan fingerprint density at radius 1 is 1.33 bits per heavy atom. The third-order valence-electron chi connectivity index (χ3n) is 3.24. The number of aryl methyl sites for hydroxylation is 2. The Morgan fingerprint density at radius 2 is 2.14 bits per heavy atom. The number of halogens is 1. The fraction of sp³-hybridized carbons (Fsp3) is 0.471. The molecular weight excluding hydrogens is 328 g/mol. The van der Waals surface area contributed by atoms with Crippen molar-refractivity contribution in [1.29, 1.82) is 0 Å². The van der Waals surface area contributed by atoms with Gasteiger partial charge in [-0.3, -0.25) is 0 Å². The quantitative estimate of drug-likeness (QED) is 0.742. The van der Waals surface area contributed by atoms with Crippen LogP contribution in [0, 0.1) is 12.8 Å². The number of hydrogen-bond acceptors (Lipinski definition) is 3. The smallest absolute Gasteiger partial charge is 0.194 e. The van der Waals surface area contributed by atoms with Gasteiger partial charge in [0.15, 0.2) is 11.7 Å². The lowest BCUT2D eigenvalue weighted by Crippen LogP contribution is -2.21. The molecule has 0 spiro atoms. The van der Waals surface area contributed by atoms with Crippen LogP contribution in [0.2, 0.25) is 0 Å². The van der Waals surface area contributed by atoms with E-state index in [-0.39, 0.29) is 0 Å². The van der Waals surface area contributed by atoms with Gasteiger partial charge in [0.25, 0.3) is 0 Å². The molecule has 0 amide bonds. The first-order valence-electron chi connectivity index (χ1n) is 7.48. The molecular formula is C17H23BrN2O. The highest BCUT2D eigenvalue weighted by Crippen LogP contribution is 2.29. The van der Waals surface area contributed by atoms with Crippen molar-refractivity contribution in [2.45, 2.75) is 33.6 Å². The van der Waals surface area contributed by atoms with Crippen LogP contribution in [0.3, 0.4) is 0 Å². The molecule has 0 bridgehead atoms. The van der Waals surface area contributed by atoms with Gasteiger partial charge in [-0.05, 0) is 44.5 Å². The number of nitrogens with one attached hydrogen (secondary N) is 1. The summed E-state index contributed by atoms with van der Waals surface area (Å²) in [6.45, 7) is 8.57. The van der Waals surface area contributed by atoms with Crippen molar-refractivity contribution in [3.8, 4) is 11.3 Å². The van der Waals surface area contributed by atoms with Crippen LogP contribution < -0.4 is 5.32 Å². The topological polar surface area (TPSA) is 38.1 Å². The van der Waals surface area contributed by atoms with Crippen LogP contribution in [-0.4, -0.2) is 18.1 Å². The highest BCUT2D eigenvalue weighted by molar-refractivity contribution is 9.10. The predicted molar refractivity (Wildman–Crippen MR) is 90.4 cm³/mol. The second-order valence-corrected chi connectivity index (χ2v) is 6.66. The first-order valence-corrected chi connectivity index (χ1v) is 8.27. The van der Waals surface area contributed by atoms with Crippen molar-refractivity contribution in [2.75, 3.05) is 13.1 Å². The van der Waals surface area contributed by atoms with E-state index in [4.69, 9.17) is 4.42 Å². The first kappa shape index (κ1) is 16.2. The average Bonchev–Trinajstić information content (AvgIpc) is 2.89. The maximum Gasteiger partial charge on any atom is 0.194 e. The number of aromatic nitrogens is 1. The molecule has 0 radical (unpaired) electrons. The van der Waals surface area contributed by atoms with Gasteiger partial charge in [0.1, 0.15) is 0 Å². The minimum Gasteiger partial charge on any atom is -0.441 e. The monoisotopic (exact) mass is 350 g/mol. The SMILES string of the molecule is Cc1ccc(Br)c(-c2cnc(CCCNCC(C)C)o2)c1. The molecule has 1 N–H and O–H groups in total. The lowest BCUT2D eigenvalue weighted by molar-refractivity contribution is 0.483. The molecule has 0 aliphatic carbocycles. The van der Waals surface area contributed by atoms with E-state index in [1.807, 2.05) is 12.3 Å². The third-order valence-corrected chi connectivity index (χ3v) is 3.93. The third kappa shape index (κ3) is 4.97. The van der Waals surface area contributed by atoms with Crippen LogP contribution in [0.25, 0.3) is 11.3 Å². The Kier molecular flexibility index (Phi) is 6.00. The van der Waals surface area contributed by atoms with Crippen LogP contribution in [0.1, 0.15) is 31.7 Å². The zero-order valence-electron chi connectivity index (χ0n) is 12.9. The van der Waals surface area contributed by atoms with Crippen molar-refractivity contribution in [3.63, 3.8) is 0 Å². The van der Waals surface area contributed by atoms with E-state index in [9.17, 15) is 0 Å². The van der Waals surface area contributed by atoms with Crippen LogP contribution in [0.15, 0.2) is 33.3 Å².